The molecule has 2 rings (SSSR count). The minimum atomic E-state index is -0.645. The van der Waals surface area contributed by atoms with Gasteiger partial charge in [0.05, 0.1) is 11.7 Å². The molecule has 0 aromatic heterocycles. The van der Waals surface area contributed by atoms with Crippen molar-refractivity contribution in [3.05, 3.63) is 35.4 Å². The van der Waals surface area contributed by atoms with E-state index in [2.05, 4.69) is 10.1 Å². The zero-order valence-electron chi connectivity index (χ0n) is 11.4. The molecule has 108 valence electrons. The molecule has 0 aliphatic carbocycles. The topological polar surface area (TPSA) is 55.4 Å². The Balaban J connectivity index is 1.98. The number of esters is 1. The molecule has 0 radical (unpaired) electrons. The third kappa shape index (κ3) is 3.70. The Morgan fingerprint density at radius 2 is 1.85 bits per heavy atom. The van der Waals surface area contributed by atoms with Gasteiger partial charge in [-0.1, -0.05) is 12.1 Å². The zero-order valence-corrected chi connectivity index (χ0v) is 13.1. The number of hydrogen-bond acceptors (Lipinski definition) is 5. The van der Waals surface area contributed by atoms with Gasteiger partial charge in [-0.3, -0.25) is 4.79 Å². The minimum Gasteiger partial charge on any atom is -0.467 e. The summed E-state index contributed by atoms with van der Waals surface area (Å²) < 4.78 is 5.05. The first-order valence-corrected chi connectivity index (χ1v) is 8.43. The quantitative estimate of drug-likeness (QED) is 0.866. The fourth-order valence-electron chi connectivity index (χ4n) is 1.86. The lowest BCUT2D eigenvalue weighted by Gasteiger charge is -2.12. The van der Waals surface area contributed by atoms with Crippen molar-refractivity contribution in [1.82, 2.24) is 5.32 Å². The van der Waals surface area contributed by atoms with Gasteiger partial charge in [-0.05, 0) is 24.6 Å². The molecule has 1 N–H and O–H groups in total. The number of carbonyl (C=O) groups excluding carboxylic acids is 2. The molecule has 0 saturated carbocycles. The van der Waals surface area contributed by atoms with E-state index in [1.165, 1.54) is 24.2 Å². The Kier molecular flexibility index (Phi) is 5.37. The summed E-state index contributed by atoms with van der Waals surface area (Å²) in [7, 11) is 1.30. The number of methoxy groups -OCH3 is 1. The highest BCUT2D eigenvalue weighted by molar-refractivity contribution is 8.19. The van der Waals surface area contributed by atoms with E-state index in [-0.39, 0.29) is 5.91 Å². The highest BCUT2D eigenvalue weighted by Crippen LogP contribution is 2.45. The second-order valence-corrected chi connectivity index (χ2v) is 7.14. The number of ether oxygens (including phenoxy) is 1. The second-order valence-electron chi connectivity index (χ2n) is 4.41. The van der Waals surface area contributed by atoms with E-state index in [9.17, 15) is 9.59 Å². The SMILES string of the molecule is COC(=O)[C@@H](C)NC(=O)c1ccc(C2SCCS2)cc1. The van der Waals surface area contributed by atoms with Crippen molar-refractivity contribution in [1.29, 1.82) is 0 Å². The second kappa shape index (κ2) is 7.04. The van der Waals surface area contributed by atoms with Crippen LogP contribution in [0.1, 0.15) is 27.4 Å². The van der Waals surface area contributed by atoms with Crippen LogP contribution in [0.25, 0.3) is 0 Å². The molecule has 6 heteroatoms. The number of nitrogens with one attached hydrogen (secondary N) is 1. The monoisotopic (exact) mass is 311 g/mol. The third-order valence-electron chi connectivity index (χ3n) is 2.97. The predicted octanol–water partition coefficient (Wildman–Crippen LogP) is 2.46. The number of carbonyl (C=O) groups is 2. The lowest BCUT2D eigenvalue weighted by Crippen LogP contribution is -2.39. The standard InChI is InChI=1S/C14H17NO3S2/c1-9(13(17)18-2)15-12(16)10-3-5-11(6-4-10)14-19-7-8-20-14/h3-6,9,14H,7-8H2,1-2H3,(H,15,16)/t9-/m1/s1. The molecule has 1 saturated heterocycles. The van der Waals surface area contributed by atoms with Crippen molar-refractivity contribution < 1.29 is 14.3 Å². The minimum absolute atomic E-state index is 0.263. The van der Waals surface area contributed by atoms with Crippen LogP contribution in [-0.4, -0.2) is 36.5 Å². The molecule has 4 nitrogen and oxygen atoms in total. The first-order valence-electron chi connectivity index (χ1n) is 6.33. The molecule has 20 heavy (non-hydrogen) atoms. The van der Waals surface area contributed by atoms with Gasteiger partial charge < -0.3 is 10.1 Å². The summed E-state index contributed by atoms with van der Waals surface area (Å²) in [5.74, 6) is 1.64. The fourth-order valence-corrected chi connectivity index (χ4v) is 4.72. The highest BCUT2D eigenvalue weighted by atomic mass is 32.2. The lowest BCUT2D eigenvalue weighted by atomic mass is 10.1. The van der Waals surface area contributed by atoms with Crippen molar-refractivity contribution in [3.8, 4) is 0 Å². The maximum absolute atomic E-state index is 12.0. The van der Waals surface area contributed by atoms with Gasteiger partial charge in [0.25, 0.3) is 5.91 Å². The summed E-state index contributed by atoms with van der Waals surface area (Å²) in [5, 5.41) is 2.61. The smallest absolute Gasteiger partial charge is 0.328 e. The molecule has 1 atom stereocenters. The maximum atomic E-state index is 12.0. The maximum Gasteiger partial charge on any atom is 0.328 e. The molecule has 0 unspecified atom stereocenters. The van der Waals surface area contributed by atoms with Crippen LogP contribution in [0.2, 0.25) is 0 Å². The van der Waals surface area contributed by atoms with Crippen LogP contribution in [0.3, 0.4) is 0 Å². The van der Waals surface area contributed by atoms with E-state index >= 15 is 0 Å². The third-order valence-corrected chi connectivity index (χ3v) is 6.07. The summed E-state index contributed by atoms with van der Waals surface area (Å²) in [6.45, 7) is 1.60. The first-order chi connectivity index (χ1) is 9.61. The van der Waals surface area contributed by atoms with Gasteiger partial charge in [0.2, 0.25) is 0 Å². The Morgan fingerprint density at radius 3 is 2.40 bits per heavy atom. The Hall–Kier alpha value is -1.14. The van der Waals surface area contributed by atoms with E-state index in [0.717, 1.165) is 0 Å². The summed E-state index contributed by atoms with van der Waals surface area (Å²) in [6, 6.07) is 6.91. The highest BCUT2D eigenvalue weighted by Gasteiger charge is 2.20. The molecule has 1 aromatic rings. The van der Waals surface area contributed by atoms with Crippen LogP contribution in [0, 0.1) is 0 Å². The number of benzene rings is 1. The van der Waals surface area contributed by atoms with E-state index in [0.29, 0.717) is 10.1 Å². The van der Waals surface area contributed by atoms with E-state index in [1.807, 2.05) is 35.7 Å². The van der Waals surface area contributed by atoms with Gasteiger partial charge in [0.15, 0.2) is 0 Å². The summed E-state index contributed by atoms with van der Waals surface area (Å²) in [6.07, 6.45) is 0. The normalized spacial score (nSPS) is 16.7. The number of rotatable bonds is 4. The average molecular weight is 311 g/mol. The van der Waals surface area contributed by atoms with Crippen molar-refractivity contribution in [2.75, 3.05) is 18.6 Å². The molecule has 1 aliphatic heterocycles. The van der Waals surface area contributed by atoms with Crippen LogP contribution < -0.4 is 5.32 Å². The summed E-state index contributed by atoms with van der Waals surface area (Å²) >= 11 is 3.86. The van der Waals surface area contributed by atoms with Crippen molar-refractivity contribution in [2.24, 2.45) is 0 Å². The van der Waals surface area contributed by atoms with Crippen LogP contribution in [0.15, 0.2) is 24.3 Å². The molecular weight excluding hydrogens is 294 g/mol. The summed E-state index contributed by atoms with van der Waals surface area (Å²) in [4.78, 5) is 23.2. The molecule has 0 bridgehead atoms. The van der Waals surface area contributed by atoms with Gasteiger partial charge in [0, 0.05) is 17.1 Å². The molecule has 0 spiro atoms. The Labute approximate surface area is 127 Å². The van der Waals surface area contributed by atoms with Crippen LogP contribution >= 0.6 is 23.5 Å². The van der Waals surface area contributed by atoms with E-state index in [4.69, 9.17) is 0 Å². The largest absolute Gasteiger partial charge is 0.467 e. The summed E-state index contributed by atoms with van der Waals surface area (Å²) in [5.41, 5.74) is 1.78. The first kappa shape index (κ1) is 15.3. The van der Waals surface area contributed by atoms with Crippen molar-refractivity contribution >= 4 is 35.4 Å². The van der Waals surface area contributed by atoms with Crippen LogP contribution in [0.4, 0.5) is 0 Å². The predicted molar refractivity (Wildman–Crippen MR) is 83.0 cm³/mol. The molecule has 1 aliphatic rings. The van der Waals surface area contributed by atoms with Gasteiger partial charge in [-0.15, -0.1) is 23.5 Å². The molecule has 1 fully saturated rings. The van der Waals surface area contributed by atoms with Crippen molar-refractivity contribution in [2.45, 2.75) is 17.5 Å². The number of amides is 1. The fraction of sp³-hybridized carbons (Fsp3) is 0.429. The Bertz CT molecular complexity index is 484. The van der Waals surface area contributed by atoms with Crippen LogP contribution in [-0.2, 0) is 9.53 Å². The molecular formula is C14H17NO3S2. The van der Waals surface area contributed by atoms with Crippen molar-refractivity contribution in [3.63, 3.8) is 0 Å². The number of thioether (sulfide) groups is 2. The van der Waals surface area contributed by atoms with E-state index < -0.39 is 12.0 Å². The molecule has 1 heterocycles. The van der Waals surface area contributed by atoms with Crippen LogP contribution in [0.5, 0.6) is 0 Å². The zero-order chi connectivity index (χ0) is 14.5. The Morgan fingerprint density at radius 1 is 1.25 bits per heavy atom. The molecule has 1 aromatic carbocycles. The molecule has 1 amide bonds. The van der Waals surface area contributed by atoms with Gasteiger partial charge >= 0.3 is 5.97 Å². The van der Waals surface area contributed by atoms with E-state index in [1.54, 1.807) is 19.1 Å². The lowest BCUT2D eigenvalue weighted by molar-refractivity contribution is -0.142. The van der Waals surface area contributed by atoms with Gasteiger partial charge in [0.1, 0.15) is 6.04 Å². The van der Waals surface area contributed by atoms with Gasteiger partial charge in [-0.25, -0.2) is 4.79 Å². The average Bonchev–Trinajstić information content (AvgIpc) is 3.00. The van der Waals surface area contributed by atoms with Gasteiger partial charge in [-0.2, -0.15) is 0 Å². The number of hydrogen-bond donors (Lipinski definition) is 1.